The highest BCUT2D eigenvalue weighted by Crippen LogP contribution is 2.22. The van der Waals surface area contributed by atoms with Crippen molar-refractivity contribution in [3.63, 3.8) is 0 Å². The van der Waals surface area contributed by atoms with E-state index in [1.807, 2.05) is 17.0 Å². The van der Waals surface area contributed by atoms with Crippen molar-refractivity contribution in [3.8, 4) is 0 Å². The first-order chi connectivity index (χ1) is 11.5. The van der Waals surface area contributed by atoms with Crippen molar-refractivity contribution in [2.45, 2.75) is 46.7 Å². The van der Waals surface area contributed by atoms with Gasteiger partial charge in [-0.25, -0.2) is 0 Å². The van der Waals surface area contributed by atoms with Crippen molar-refractivity contribution < 1.29 is 4.79 Å². The first-order valence-electron chi connectivity index (χ1n) is 8.71. The number of amides is 1. The Morgan fingerprint density at radius 3 is 2.46 bits per heavy atom. The summed E-state index contributed by atoms with van der Waals surface area (Å²) in [4.78, 5) is 13.8. The number of carbonyl (C=O) groups excluding carboxylic acids is 1. The average molecular weight is 322 g/mol. The largest absolute Gasteiger partial charge is 0.312 e. The molecular formula is C21H26N2O. The van der Waals surface area contributed by atoms with Gasteiger partial charge in [0.25, 0.3) is 0 Å². The Morgan fingerprint density at radius 2 is 1.79 bits per heavy atom. The second-order valence-electron chi connectivity index (χ2n) is 6.80. The molecule has 1 N–H and O–H groups in total. The Hall–Kier alpha value is -2.13. The van der Waals surface area contributed by atoms with E-state index < -0.39 is 0 Å². The zero-order valence-electron chi connectivity index (χ0n) is 14.9. The van der Waals surface area contributed by atoms with Crippen LogP contribution in [0.2, 0.25) is 0 Å². The zero-order valence-corrected chi connectivity index (χ0v) is 14.9. The van der Waals surface area contributed by atoms with Crippen LogP contribution in [0.15, 0.2) is 36.4 Å². The van der Waals surface area contributed by atoms with Crippen molar-refractivity contribution in [1.82, 2.24) is 5.32 Å². The number of nitrogens with zero attached hydrogens (tertiary/aromatic N) is 1. The molecule has 1 aliphatic rings. The Bertz CT molecular complexity index is 728. The summed E-state index contributed by atoms with van der Waals surface area (Å²) in [6, 6.07) is 12.8. The van der Waals surface area contributed by atoms with Gasteiger partial charge in [-0.3, -0.25) is 4.79 Å². The monoisotopic (exact) mass is 322 g/mol. The molecule has 1 heterocycles. The van der Waals surface area contributed by atoms with E-state index in [9.17, 15) is 4.79 Å². The van der Waals surface area contributed by atoms with Crippen LogP contribution >= 0.6 is 0 Å². The third kappa shape index (κ3) is 3.68. The lowest BCUT2D eigenvalue weighted by molar-refractivity contribution is -0.117. The predicted octanol–water partition coefficient (Wildman–Crippen LogP) is 4.03. The van der Waals surface area contributed by atoms with E-state index in [0.717, 1.165) is 31.7 Å². The molecule has 2 aromatic carbocycles. The van der Waals surface area contributed by atoms with Gasteiger partial charge in [-0.05, 0) is 61.6 Å². The van der Waals surface area contributed by atoms with Gasteiger partial charge < -0.3 is 10.2 Å². The topological polar surface area (TPSA) is 32.3 Å². The van der Waals surface area contributed by atoms with E-state index in [1.165, 1.54) is 27.8 Å². The van der Waals surface area contributed by atoms with Crippen molar-refractivity contribution in [2.75, 3.05) is 11.4 Å². The predicted molar refractivity (Wildman–Crippen MR) is 99.2 cm³/mol. The fraction of sp³-hybridized carbons (Fsp3) is 0.381. The summed E-state index contributed by atoms with van der Waals surface area (Å²) in [6.07, 6.45) is 1.64. The highest BCUT2D eigenvalue weighted by atomic mass is 16.2. The van der Waals surface area contributed by atoms with Gasteiger partial charge in [0.2, 0.25) is 5.91 Å². The summed E-state index contributed by atoms with van der Waals surface area (Å²) in [7, 11) is 0. The van der Waals surface area contributed by atoms with Gasteiger partial charge in [0, 0.05) is 31.7 Å². The van der Waals surface area contributed by atoms with Gasteiger partial charge in [0.1, 0.15) is 0 Å². The molecule has 24 heavy (non-hydrogen) atoms. The highest BCUT2D eigenvalue weighted by Gasteiger charge is 2.21. The molecule has 0 aromatic heterocycles. The molecule has 126 valence electrons. The van der Waals surface area contributed by atoms with E-state index in [0.29, 0.717) is 6.42 Å². The first-order valence-corrected chi connectivity index (χ1v) is 8.71. The number of carbonyl (C=O) groups is 1. The van der Waals surface area contributed by atoms with Gasteiger partial charge in [-0.15, -0.1) is 0 Å². The first kappa shape index (κ1) is 16.7. The number of hydrogen-bond donors (Lipinski definition) is 1. The lowest BCUT2D eigenvalue weighted by Gasteiger charge is -2.17. The van der Waals surface area contributed by atoms with Crippen LogP contribution in [-0.4, -0.2) is 12.5 Å². The number of hydrogen-bond acceptors (Lipinski definition) is 2. The molecular weight excluding hydrogens is 296 g/mol. The van der Waals surface area contributed by atoms with Crippen LogP contribution in [0.4, 0.5) is 5.69 Å². The van der Waals surface area contributed by atoms with E-state index in [-0.39, 0.29) is 5.91 Å². The minimum Gasteiger partial charge on any atom is -0.312 e. The molecule has 1 amide bonds. The van der Waals surface area contributed by atoms with Gasteiger partial charge in [-0.1, -0.05) is 29.8 Å². The molecule has 0 unspecified atom stereocenters. The molecule has 3 heteroatoms. The van der Waals surface area contributed by atoms with Crippen molar-refractivity contribution in [2.24, 2.45) is 0 Å². The van der Waals surface area contributed by atoms with Crippen molar-refractivity contribution in [1.29, 1.82) is 0 Å². The van der Waals surface area contributed by atoms with Crippen LogP contribution < -0.4 is 10.2 Å². The minimum atomic E-state index is 0.242. The third-order valence-corrected chi connectivity index (χ3v) is 4.77. The number of benzene rings is 2. The lowest BCUT2D eigenvalue weighted by Crippen LogP contribution is -2.24. The standard InChI is InChI=1S/C21H26N2O/c1-15-10-16(2)20(17(3)11-15)14-22-13-18-6-4-7-19(12-18)23-9-5-8-21(23)24/h4,6-7,10-12,22H,5,8-9,13-14H2,1-3H3. The third-order valence-electron chi connectivity index (χ3n) is 4.77. The fourth-order valence-electron chi connectivity index (χ4n) is 3.58. The molecule has 3 nitrogen and oxygen atoms in total. The molecule has 0 saturated carbocycles. The van der Waals surface area contributed by atoms with Crippen LogP contribution in [0, 0.1) is 20.8 Å². The van der Waals surface area contributed by atoms with Gasteiger partial charge in [0.15, 0.2) is 0 Å². The number of aryl methyl sites for hydroxylation is 3. The fourth-order valence-corrected chi connectivity index (χ4v) is 3.58. The van der Waals surface area contributed by atoms with Crippen LogP contribution in [0.5, 0.6) is 0 Å². The molecule has 2 aromatic rings. The Labute approximate surface area is 144 Å². The SMILES string of the molecule is Cc1cc(C)c(CNCc2cccc(N3CCCC3=O)c2)c(C)c1. The summed E-state index contributed by atoms with van der Waals surface area (Å²) in [6.45, 7) is 9.01. The molecule has 0 bridgehead atoms. The lowest BCUT2D eigenvalue weighted by atomic mass is 10.00. The second kappa shape index (κ2) is 7.18. The van der Waals surface area contributed by atoms with E-state index in [1.54, 1.807) is 0 Å². The van der Waals surface area contributed by atoms with Crippen LogP contribution in [0.3, 0.4) is 0 Å². The Balaban J connectivity index is 1.64. The van der Waals surface area contributed by atoms with Gasteiger partial charge >= 0.3 is 0 Å². The summed E-state index contributed by atoms with van der Waals surface area (Å²) in [5.41, 5.74) is 7.63. The normalized spacial score (nSPS) is 14.5. The van der Waals surface area contributed by atoms with E-state index >= 15 is 0 Å². The quantitative estimate of drug-likeness (QED) is 0.901. The van der Waals surface area contributed by atoms with Crippen LogP contribution in [-0.2, 0) is 17.9 Å². The molecule has 1 fully saturated rings. The zero-order chi connectivity index (χ0) is 17.1. The Morgan fingerprint density at radius 1 is 1.04 bits per heavy atom. The molecule has 0 spiro atoms. The van der Waals surface area contributed by atoms with E-state index in [2.05, 4.69) is 50.4 Å². The molecule has 0 atom stereocenters. The molecule has 0 radical (unpaired) electrons. The Kier molecular flexibility index (Phi) is 5.00. The highest BCUT2D eigenvalue weighted by molar-refractivity contribution is 5.95. The van der Waals surface area contributed by atoms with Crippen LogP contribution in [0.25, 0.3) is 0 Å². The molecule has 3 rings (SSSR count). The molecule has 0 aliphatic carbocycles. The number of anilines is 1. The maximum absolute atomic E-state index is 11.9. The minimum absolute atomic E-state index is 0.242. The van der Waals surface area contributed by atoms with Crippen molar-refractivity contribution in [3.05, 3.63) is 64.2 Å². The molecule has 1 aliphatic heterocycles. The number of nitrogens with one attached hydrogen (secondary N) is 1. The molecule has 1 saturated heterocycles. The summed E-state index contributed by atoms with van der Waals surface area (Å²) in [5.74, 6) is 0.242. The summed E-state index contributed by atoms with van der Waals surface area (Å²) < 4.78 is 0. The second-order valence-corrected chi connectivity index (χ2v) is 6.80. The summed E-state index contributed by atoms with van der Waals surface area (Å²) in [5, 5.41) is 3.54. The van der Waals surface area contributed by atoms with Gasteiger partial charge in [0.05, 0.1) is 0 Å². The maximum Gasteiger partial charge on any atom is 0.227 e. The van der Waals surface area contributed by atoms with Crippen LogP contribution in [0.1, 0.15) is 40.7 Å². The van der Waals surface area contributed by atoms with Gasteiger partial charge in [-0.2, -0.15) is 0 Å². The van der Waals surface area contributed by atoms with Crippen molar-refractivity contribution >= 4 is 11.6 Å². The maximum atomic E-state index is 11.9. The smallest absolute Gasteiger partial charge is 0.227 e. The van der Waals surface area contributed by atoms with E-state index in [4.69, 9.17) is 0 Å². The number of rotatable bonds is 5. The average Bonchev–Trinajstić information content (AvgIpc) is 2.96. The summed E-state index contributed by atoms with van der Waals surface area (Å²) >= 11 is 0.